The molecule has 3 aliphatic heterocycles. The first-order valence-electron chi connectivity index (χ1n) is 16.7. The van der Waals surface area contributed by atoms with Crippen LogP contribution in [0.3, 0.4) is 0 Å². The number of halogens is 2. The molecule has 48 heavy (non-hydrogen) atoms. The van der Waals surface area contributed by atoms with E-state index in [0.717, 1.165) is 24.0 Å². The van der Waals surface area contributed by atoms with Crippen molar-refractivity contribution in [3.8, 4) is 5.75 Å². The molecule has 1 fully saturated rings. The third-order valence-electron chi connectivity index (χ3n) is 10.8. The number of hydrogen-bond acceptors (Lipinski definition) is 8. The Morgan fingerprint density at radius 3 is 2.62 bits per heavy atom. The Labute approximate surface area is 288 Å². The Bertz CT molecular complexity index is 1820. The monoisotopic (exact) mass is 722 g/mol. The molecule has 0 unspecified atom stereocenters. The highest BCUT2D eigenvalue weighted by Crippen LogP contribution is 2.47. The van der Waals surface area contributed by atoms with E-state index in [1.165, 1.54) is 6.26 Å². The Hall–Kier alpha value is -2.67. The first kappa shape index (κ1) is 35.2. The van der Waals surface area contributed by atoms with Crippen molar-refractivity contribution in [2.75, 3.05) is 36.7 Å². The van der Waals surface area contributed by atoms with Gasteiger partial charge in [0.2, 0.25) is 10.0 Å². The molecule has 2 aliphatic carbocycles. The predicted molar refractivity (Wildman–Crippen MR) is 184 cm³/mol. The summed E-state index contributed by atoms with van der Waals surface area (Å²) in [5.74, 6) is -0.747. The summed E-state index contributed by atoms with van der Waals surface area (Å²) in [6.45, 7) is 4.79. The van der Waals surface area contributed by atoms with Crippen molar-refractivity contribution in [1.29, 1.82) is 0 Å². The van der Waals surface area contributed by atoms with Gasteiger partial charge < -0.3 is 14.4 Å². The van der Waals surface area contributed by atoms with Gasteiger partial charge in [0.15, 0.2) is 0 Å². The lowest BCUT2D eigenvalue weighted by molar-refractivity contribution is -0.0206. The van der Waals surface area contributed by atoms with Gasteiger partial charge in [0, 0.05) is 24.9 Å². The van der Waals surface area contributed by atoms with Gasteiger partial charge in [-0.1, -0.05) is 30.7 Å². The summed E-state index contributed by atoms with van der Waals surface area (Å²) in [6.07, 6.45) is 7.27. The Morgan fingerprint density at radius 1 is 1.15 bits per heavy atom. The molecule has 7 rings (SSSR count). The van der Waals surface area contributed by atoms with Crippen LogP contribution in [-0.4, -0.2) is 65.9 Å². The number of sulfone groups is 1. The van der Waals surface area contributed by atoms with Crippen molar-refractivity contribution in [2.24, 2.45) is 23.7 Å². The van der Waals surface area contributed by atoms with Gasteiger partial charge in [-0.05, 0) is 110 Å². The summed E-state index contributed by atoms with van der Waals surface area (Å²) in [5.41, 5.74) is 3.18. The second kappa shape index (κ2) is 13.9. The number of allylic oxidation sites excluding steroid dienone is 1. The summed E-state index contributed by atoms with van der Waals surface area (Å²) in [6, 6.07) is 8.36. The number of amides is 1. The Balaban J connectivity index is 1.44. The van der Waals surface area contributed by atoms with Crippen LogP contribution < -0.4 is 14.4 Å². The van der Waals surface area contributed by atoms with Gasteiger partial charge in [0.1, 0.15) is 21.4 Å². The highest BCUT2D eigenvalue weighted by Gasteiger charge is 2.45. The van der Waals surface area contributed by atoms with Crippen molar-refractivity contribution in [3.05, 3.63) is 69.5 Å². The fourth-order valence-electron chi connectivity index (χ4n) is 7.43. The number of ether oxygens (including phenoxy) is 2. The molecule has 6 atom stereocenters. The molecule has 0 saturated heterocycles. The minimum absolute atomic E-state index is 0.0265. The minimum atomic E-state index is -4.03. The SMILES string of the molecule is C[C@@H]1[C@@H](C)S(=O)(=O)NC(=O)c2ccc3c(c2)N(Cc2ccc(Cl)c(F)c2CCCCO3)C[C@@H]2CC[C@H]2[C@@H](OCCS(C)(=O)=O)C2=C[C@H]1C2. The van der Waals surface area contributed by atoms with Gasteiger partial charge >= 0.3 is 0 Å². The van der Waals surface area contributed by atoms with Crippen molar-refractivity contribution >= 4 is 43.1 Å². The zero-order valence-electron chi connectivity index (χ0n) is 27.6. The summed E-state index contributed by atoms with van der Waals surface area (Å²) >= 11 is 6.23. The van der Waals surface area contributed by atoms with Crippen LogP contribution in [0.15, 0.2) is 42.0 Å². The lowest BCUT2D eigenvalue weighted by Gasteiger charge is -2.47. The maximum atomic E-state index is 15.5. The fourth-order valence-corrected chi connectivity index (χ4v) is 9.33. The molecule has 2 aromatic rings. The number of sulfonamides is 1. The molecular weight excluding hydrogens is 679 g/mol. The number of nitrogens with one attached hydrogen (secondary N) is 1. The number of fused-ring (bicyclic) bond motifs is 5. The first-order chi connectivity index (χ1) is 22.7. The van der Waals surface area contributed by atoms with Gasteiger partial charge in [-0.25, -0.2) is 25.9 Å². The lowest BCUT2D eigenvalue weighted by atomic mass is 9.64. The maximum absolute atomic E-state index is 15.5. The molecule has 0 aromatic heterocycles. The highest BCUT2D eigenvalue weighted by molar-refractivity contribution is 7.90. The van der Waals surface area contributed by atoms with Crippen LogP contribution >= 0.6 is 11.6 Å². The van der Waals surface area contributed by atoms with Gasteiger partial charge in [0.25, 0.3) is 5.91 Å². The molecule has 5 aliphatic rings. The van der Waals surface area contributed by atoms with Crippen LogP contribution in [0.4, 0.5) is 10.1 Å². The molecule has 1 amide bonds. The molecule has 3 heterocycles. The fraction of sp³-hybridized carbons (Fsp3) is 0.571. The van der Waals surface area contributed by atoms with Crippen molar-refractivity contribution in [1.82, 2.24) is 4.72 Å². The normalized spacial score (nSPS) is 29.0. The molecule has 262 valence electrons. The average Bonchev–Trinajstić information content (AvgIpc) is 3.01. The van der Waals surface area contributed by atoms with E-state index in [-0.39, 0.29) is 52.7 Å². The quantitative estimate of drug-likeness (QED) is 0.400. The Morgan fingerprint density at radius 2 is 1.92 bits per heavy atom. The number of rotatable bonds is 4. The lowest BCUT2D eigenvalue weighted by Crippen LogP contribution is -2.48. The van der Waals surface area contributed by atoms with E-state index in [2.05, 4.69) is 15.7 Å². The number of hydrogen-bond donors (Lipinski definition) is 1. The van der Waals surface area contributed by atoms with Gasteiger partial charge in [-0.2, -0.15) is 0 Å². The third kappa shape index (κ3) is 7.41. The molecule has 4 bridgehead atoms. The van der Waals surface area contributed by atoms with E-state index >= 15 is 4.39 Å². The molecule has 0 radical (unpaired) electrons. The number of carbonyl (C=O) groups excluding carboxylic acids is 1. The highest BCUT2D eigenvalue weighted by atomic mass is 35.5. The van der Waals surface area contributed by atoms with E-state index in [9.17, 15) is 21.6 Å². The van der Waals surface area contributed by atoms with Gasteiger partial charge in [0.05, 0.1) is 41.0 Å². The standard InChI is InChI=1S/C35H44ClFN2O7S2/c1-21-22(2)48(43,44)38-35(40)23-9-12-32-31(18-23)39(19-24-8-11-30(36)33(37)28(24)6-4-5-13-45-32)20-25-7-10-29(25)34(27-16-26(21)17-27)46-14-15-47(3,41)42/h8-9,11-12,16,18,21-22,25-26,29,34H,4-7,10,13-15,17,19-20H2,1-3H3,(H,38,40)/t21-,22-,25+,26+,29-,34+/m1/s1. The third-order valence-corrected chi connectivity index (χ3v) is 13.8. The predicted octanol–water partition coefficient (Wildman–Crippen LogP) is 5.70. The van der Waals surface area contributed by atoms with E-state index < -0.39 is 36.8 Å². The summed E-state index contributed by atoms with van der Waals surface area (Å²) in [5, 5.41) is -0.784. The van der Waals surface area contributed by atoms with Gasteiger partial charge in [-0.15, -0.1) is 0 Å². The summed E-state index contributed by atoms with van der Waals surface area (Å²) in [7, 11) is -7.27. The van der Waals surface area contributed by atoms with Crippen molar-refractivity contribution < 1.29 is 35.5 Å². The Kier molecular flexibility index (Phi) is 10.2. The second-order valence-corrected chi connectivity index (χ2v) is 18.6. The van der Waals surface area contributed by atoms with E-state index in [0.29, 0.717) is 62.4 Å². The molecule has 1 N–H and O–H groups in total. The molecule has 0 spiro atoms. The molecule has 1 saturated carbocycles. The minimum Gasteiger partial charge on any atom is -0.491 e. The average molecular weight is 723 g/mol. The molecule has 13 heteroatoms. The zero-order chi connectivity index (χ0) is 34.4. The van der Waals surface area contributed by atoms with Crippen LogP contribution in [0.5, 0.6) is 5.75 Å². The van der Waals surface area contributed by atoms with Crippen LogP contribution in [0.25, 0.3) is 0 Å². The molecule has 2 aromatic carbocycles. The summed E-state index contributed by atoms with van der Waals surface area (Å²) in [4.78, 5) is 15.6. The van der Waals surface area contributed by atoms with Crippen molar-refractivity contribution in [3.63, 3.8) is 0 Å². The number of anilines is 1. The van der Waals surface area contributed by atoms with E-state index in [4.69, 9.17) is 21.1 Å². The van der Waals surface area contributed by atoms with Crippen LogP contribution in [0.1, 0.15) is 67.4 Å². The van der Waals surface area contributed by atoms with E-state index in [1.807, 2.05) is 13.0 Å². The van der Waals surface area contributed by atoms with Crippen LogP contribution in [0, 0.1) is 29.5 Å². The first-order valence-corrected chi connectivity index (χ1v) is 20.7. The van der Waals surface area contributed by atoms with E-state index in [1.54, 1.807) is 31.2 Å². The zero-order valence-corrected chi connectivity index (χ0v) is 30.0. The molecule has 9 nitrogen and oxygen atoms in total. The number of benzene rings is 2. The summed E-state index contributed by atoms with van der Waals surface area (Å²) < 4.78 is 81.3. The smallest absolute Gasteiger partial charge is 0.264 e. The number of carbonyl (C=O) groups is 1. The second-order valence-electron chi connectivity index (χ2n) is 13.9. The largest absolute Gasteiger partial charge is 0.491 e. The van der Waals surface area contributed by atoms with Crippen molar-refractivity contribution in [2.45, 2.75) is 70.3 Å². The topological polar surface area (TPSA) is 119 Å². The van der Waals surface area contributed by atoms with Crippen LogP contribution in [0.2, 0.25) is 5.02 Å². The molecular formula is C35H44ClFN2O7S2. The number of nitrogens with zero attached hydrogens (tertiary/aromatic N) is 1. The van der Waals surface area contributed by atoms with Gasteiger partial charge in [-0.3, -0.25) is 4.79 Å². The maximum Gasteiger partial charge on any atom is 0.264 e. The van der Waals surface area contributed by atoms with Crippen LogP contribution in [-0.2, 0) is 37.6 Å².